The average Bonchev–Trinajstić information content (AvgIpc) is 3.17. The van der Waals surface area contributed by atoms with Crippen molar-refractivity contribution in [2.24, 2.45) is 12.8 Å². The van der Waals surface area contributed by atoms with Crippen LogP contribution >= 0.6 is 38.9 Å². The van der Waals surface area contributed by atoms with Crippen LogP contribution in [0.25, 0.3) is 10.6 Å². The van der Waals surface area contributed by atoms with E-state index in [0.717, 1.165) is 20.6 Å². The van der Waals surface area contributed by atoms with E-state index < -0.39 is 0 Å². The molecule has 3 aromatic rings. The summed E-state index contributed by atoms with van der Waals surface area (Å²) in [7, 11) is 1.82. The van der Waals surface area contributed by atoms with E-state index in [1.807, 2.05) is 37.4 Å². The Labute approximate surface area is 169 Å². The molecule has 2 aromatic heterocycles. The van der Waals surface area contributed by atoms with Crippen LogP contribution in [-0.2, 0) is 13.5 Å². The Morgan fingerprint density at radius 3 is 2.77 bits per heavy atom. The van der Waals surface area contributed by atoms with Crippen LogP contribution in [0.2, 0.25) is 5.02 Å². The first-order chi connectivity index (χ1) is 12.5. The van der Waals surface area contributed by atoms with Crippen LogP contribution in [0.15, 0.2) is 47.1 Å². The van der Waals surface area contributed by atoms with Crippen molar-refractivity contribution in [3.05, 3.63) is 62.5 Å². The molecule has 0 spiro atoms. The van der Waals surface area contributed by atoms with Crippen LogP contribution in [0, 0.1) is 0 Å². The van der Waals surface area contributed by atoms with Crippen molar-refractivity contribution in [2.45, 2.75) is 12.5 Å². The number of amides is 1. The van der Waals surface area contributed by atoms with Crippen LogP contribution < -0.4 is 11.1 Å². The highest BCUT2D eigenvalue weighted by Crippen LogP contribution is 2.39. The number of hydrogen-bond donors (Lipinski definition) is 2. The van der Waals surface area contributed by atoms with Gasteiger partial charge in [-0.25, -0.2) is 0 Å². The van der Waals surface area contributed by atoms with Gasteiger partial charge in [0.1, 0.15) is 0 Å². The highest BCUT2D eigenvalue weighted by Gasteiger charge is 2.20. The number of thiophene rings is 1. The zero-order valence-electron chi connectivity index (χ0n) is 14.1. The van der Waals surface area contributed by atoms with Crippen molar-refractivity contribution >= 4 is 44.8 Å². The highest BCUT2D eigenvalue weighted by atomic mass is 79.9. The van der Waals surface area contributed by atoms with Gasteiger partial charge in [0, 0.05) is 24.1 Å². The van der Waals surface area contributed by atoms with Crippen molar-refractivity contribution in [3.63, 3.8) is 0 Å². The number of nitrogens with one attached hydrogen (secondary N) is 1. The Morgan fingerprint density at radius 2 is 2.15 bits per heavy atom. The van der Waals surface area contributed by atoms with Crippen molar-refractivity contribution in [1.29, 1.82) is 0 Å². The number of carbonyl (C=O) groups excluding carboxylic acids is 1. The van der Waals surface area contributed by atoms with Crippen LogP contribution in [0.5, 0.6) is 0 Å². The first-order valence-electron chi connectivity index (χ1n) is 8.01. The van der Waals surface area contributed by atoms with Gasteiger partial charge in [0.2, 0.25) is 0 Å². The molecule has 1 amide bonds. The molecule has 136 valence electrons. The minimum Gasteiger partial charge on any atom is -0.347 e. The normalized spacial score (nSPS) is 12.2. The number of aromatic nitrogens is 2. The van der Waals surface area contributed by atoms with Gasteiger partial charge in [0.25, 0.3) is 5.91 Å². The molecular weight excluding hydrogens is 436 g/mol. The number of aryl methyl sites for hydroxylation is 1. The van der Waals surface area contributed by atoms with Gasteiger partial charge in [-0.05, 0) is 34.0 Å². The maximum atomic E-state index is 12.7. The summed E-state index contributed by atoms with van der Waals surface area (Å²) >= 11 is 11.1. The van der Waals surface area contributed by atoms with Crippen LogP contribution in [-0.4, -0.2) is 28.3 Å². The lowest BCUT2D eigenvalue weighted by Gasteiger charge is -2.16. The molecule has 0 aliphatic heterocycles. The van der Waals surface area contributed by atoms with Gasteiger partial charge in [-0.3, -0.25) is 9.48 Å². The number of benzene rings is 1. The fourth-order valence-electron chi connectivity index (χ4n) is 2.66. The molecule has 1 atom stereocenters. The average molecular weight is 454 g/mol. The Kier molecular flexibility index (Phi) is 6.13. The SMILES string of the molecule is Cn1ncc(Cl)c1-c1sc(C(=O)NC(CN)Cc2ccccc2)cc1Br. The maximum absolute atomic E-state index is 12.7. The number of nitrogens with two attached hydrogens (primary N) is 1. The van der Waals surface area contributed by atoms with Crippen molar-refractivity contribution in [2.75, 3.05) is 6.54 Å². The highest BCUT2D eigenvalue weighted by molar-refractivity contribution is 9.10. The molecule has 26 heavy (non-hydrogen) atoms. The number of nitrogens with zero attached hydrogens (tertiary/aromatic N) is 2. The van der Waals surface area contributed by atoms with Gasteiger partial charge in [0.05, 0.1) is 26.7 Å². The number of hydrogen-bond acceptors (Lipinski definition) is 4. The van der Waals surface area contributed by atoms with Gasteiger partial charge < -0.3 is 11.1 Å². The summed E-state index contributed by atoms with van der Waals surface area (Å²) in [5, 5.41) is 7.71. The third-order valence-corrected chi connectivity index (χ3v) is 6.27. The molecule has 0 aliphatic rings. The molecule has 1 aromatic carbocycles. The van der Waals surface area contributed by atoms with E-state index in [-0.39, 0.29) is 11.9 Å². The first-order valence-corrected chi connectivity index (χ1v) is 10.0. The second-order valence-corrected chi connectivity index (χ2v) is 8.16. The van der Waals surface area contributed by atoms with Gasteiger partial charge in [-0.15, -0.1) is 11.3 Å². The predicted molar refractivity (Wildman–Crippen MR) is 110 cm³/mol. The van der Waals surface area contributed by atoms with Crippen LogP contribution in [0.1, 0.15) is 15.2 Å². The third kappa shape index (κ3) is 4.17. The monoisotopic (exact) mass is 452 g/mol. The summed E-state index contributed by atoms with van der Waals surface area (Å²) in [5.74, 6) is -0.147. The molecule has 5 nitrogen and oxygen atoms in total. The molecule has 3 rings (SSSR count). The number of halogens is 2. The number of carbonyl (C=O) groups is 1. The van der Waals surface area contributed by atoms with E-state index in [4.69, 9.17) is 17.3 Å². The standard InChI is InChI=1S/C18H18BrClN4OS/c1-24-16(14(20)10-22-24)17-13(19)8-15(26-17)18(25)23-12(9-21)7-11-5-3-2-4-6-11/h2-6,8,10,12H,7,9,21H2,1H3,(H,23,25). The van der Waals surface area contributed by atoms with Crippen molar-refractivity contribution in [3.8, 4) is 10.6 Å². The lowest BCUT2D eigenvalue weighted by Crippen LogP contribution is -2.41. The molecule has 0 aliphatic carbocycles. The Morgan fingerprint density at radius 1 is 1.42 bits per heavy atom. The Balaban J connectivity index is 1.77. The van der Waals surface area contributed by atoms with Gasteiger partial charge in [-0.1, -0.05) is 41.9 Å². The molecule has 2 heterocycles. The maximum Gasteiger partial charge on any atom is 0.261 e. The molecule has 3 N–H and O–H groups in total. The van der Waals surface area contributed by atoms with Crippen molar-refractivity contribution < 1.29 is 4.79 Å². The summed E-state index contributed by atoms with van der Waals surface area (Å²) in [6.45, 7) is 0.369. The number of rotatable bonds is 6. The minimum atomic E-state index is -0.147. The zero-order valence-corrected chi connectivity index (χ0v) is 17.2. The summed E-state index contributed by atoms with van der Waals surface area (Å²) in [6.07, 6.45) is 2.28. The smallest absolute Gasteiger partial charge is 0.261 e. The van der Waals surface area contributed by atoms with Gasteiger partial charge in [-0.2, -0.15) is 5.10 Å². The fraction of sp³-hybridized carbons (Fsp3) is 0.222. The Hall–Kier alpha value is -1.67. The van der Waals surface area contributed by atoms with Crippen molar-refractivity contribution in [1.82, 2.24) is 15.1 Å². The minimum absolute atomic E-state index is 0.130. The van der Waals surface area contributed by atoms with E-state index >= 15 is 0 Å². The summed E-state index contributed by atoms with van der Waals surface area (Å²) in [4.78, 5) is 14.1. The predicted octanol–water partition coefficient (Wildman–Crippen LogP) is 3.86. The van der Waals surface area contributed by atoms with Gasteiger partial charge >= 0.3 is 0 Å². The summed E-state index contributed by atoms with van der Waals surface area (Å²) < 4.78 is 2.50. The van der Waals surface area contributed by atoms with Gasteiger partial charge in [0.15, 0.2) is 0 Å². The zero-order chi connectivity index (χ0) is 18.7. The fourth-order valence-corrected chi connectivity index (χ4v) is 4.83. The second kappa shape index (κ2) is 8.35. The van der Waals surface area contributed by atoms with E-state index in [9.17, 15) is 4.79 Å². The van der Waals surface area contributed by atoms with Crippen LogP contribution in [0.4, 0.5) is 0 Å². The van der Waals surface area contributed by atoms with E-state index in [2.05, 4.69) is 26.3 Å². The molecule has 8 heteroatoms. The molecular formula is C18H18BrClN4OS. The largest absolute Gasteiger partial charge is 0.347 e. The summed E-state index contributed by atoms with van der Waals surface area (Å²) in [6, 6.07) is 11.6. The third-order valence-electron chi connectivity index (χ3n) is 3.96. The first kappa shape index (κ1) is 19.1. The molecule has 0 radical (unpaired) electrons. The Bertz CT molecular complexity index is 890. The molecule has 0 saturated heterocycles. The lowest BCUT2D eigenvalue weighted by atomic mass is 10.1. The second-order valence-electron chi connectivity index (χ2n) is 5.85. The molecule has 0 bridgehead atoms. The molecule has 0 saturated carbocycles. The van der Waals surface area contributed by atoms with E-state index in [0.29, 0.717) is 22.9 Å². The lowest BCUT2D eigenvalue weighted by molar-refractivity contribution is 0.0942. The quantitative estimate of drug-likeness (QED) is 0.595. The topological polar surface area (TPSA) is 72.9 Å². The summed E-state index contributed by atoms with van der Waals surface area (Å²) in [5.41, 5.74) is 7.77. The molecule has 1 unspecified atom stereocenters. The van der Waals surface area contributed by atoms with Crippen LogP contribution in [0.3, 0.4) is 0 Å². The van der Waals surface area contributed by atoms with E-state index in [1.54, 1.807) is 16.9 Å². The molecule has 0 fully saturated rings. The van der Waals surface area contributed by atoms with E-state index in [1.165, 1.54) is 11.3 Å².